The van der Waals surface area contributed by atoms with E-state index in [0.29, 0.717) is 19.0 Å². The van der Waals surface area contributed by atoms with Crippen LogP contribution in [0.3, 0.4) is 0 Å². The lowest BCUT2D eigenvalue weighted by Gasteiger charge is -2.46. The fourth-order valence-corrected chi connectivity index (χ4v) is 3.73. The molecule has 0 spiro atoms. The number of nitrogens with zero attached hydrogens (tertiary/aromatic N) is 2. The second-order valence-electron chi connectivity index (χ2n) is 4.71. The molecule has 0 amide bonds. The van der Waals surface area contributed by atoms with Crippen molar-refractivity contribution in [2.45, 2.75) is 23.3 Å². The molecule has 1 aromatic heterocycles. The maximum atomic E-state index is 12.0. The van der Waals surface area contributed by atoms with E-state index in [-0.39, 0.29) is 10.4 Å². The van der Waals surface area contributed by atoms with Crippen molar-refractivity contribution in [2.75, 3.05) is 13.1 Å². The first-order valence-corrected chi connectivity index (χ1v) is 6.74. The fraction of sp³-hybridized carbons (Fsp3) is 0.667. The summed E-state index contributed by atoms with van der Waals surface area (Å²) in [5.41, 5.74) is 5.84. The molecule has 0 aromatic carbocycles. The summed E-state index contributed by atoms with van der Waals surface area (Å²) in [7, 11) is -3.38. The maximum Gasteiger partial charge on any atom is 0.246 e. The Kier molecular flexibility index (Phi) is 1.96. The van der Waals surface area contributed by atoms with E-state index in [1.807, 2.05) is 0 Å². The molecule has 7 heteroatoms. The Bertz CT molecular complexity index is 486. The number of H-pyrrole nitrogens is 1. The predicted octanol–water partition coefficient (Wildman–Crippen LogP) is -0.479. The summed E-state index contributed by atoms with van der Waals surface area (Å²) in [6.07, 6.45) is 4.98. The maximum absolute atomic E-state index is 12.0. The standard InChI is InChI=1S/C9H14N4O2S/c10-9(7-1-2-7)5-13(6-9)16(14,15)8-3-11-12-4-8/h3-4,7H,1-2,5-6,10H2,(H,11,12). The summed E-state index contributed by atoms with van der Waals surface area (Å²) in [6, 6.07) is 0. The van der Waals surface area contributed by atoms with E-state index in [4.69, 9.17) is 5.73 Å². The summed E-state index contributed by atoms with van der Waals surface area (Å²) >= 11 is 0. The van der Waals surface area contributed by atoms with Crippen LogP contribution in [-0.2, 0) is 10.0 Å². The Labute approximate surface area is 93.9 Å². The molecule has 0 atom stereocenters. The van der Waals surface area contributed by atoms with Crippen molar-refractivity contribution in [1.29, 1.82) is 0 Å². The minimum atomic E-state index is -3.38. The molecule has 0 bridgehead atoms. The average molecular weight is 242 g/mol. The lowest BCUT2D eigenvalue weighted by Crippen LogP contribution is -2.69. The van der Waals surface area contributed by atoms with E-state index in [0.717, 1.165) is 12.8 Å². The van der Waals surface area contributed by atoms with Gasteiger partial charge in [-0.3, -0.25) is 5.10 Å². The quantitative estimate of drug-likeness (QED) is 0.749. The number of rotatable bonds is 3. The van der Waals surface area contributed by atoms with Crippen molar-refractivity contribution in [3.8, 4) is 0 Å². The third kappa shape index (κ3) is 1.39. The van der Waals surface area contributed by atoms with Crippen molar-refractivity contribution < 1.29 is 8.42 Å². The van der Waals surface area contributed by atoms with Gasteiger partial charge in [0.15, 0.2) is 0 Å². The first-order valence-electron chi connectivity index (χ1n) is 5.30. The Morgan fingerprint density at radius 2 is 2.19 bits per heavy atom. The van der Waals surface area contributed by atoms with Crippen LogP contribution in [0.25, 0.3) is 0 Å². The third-order valence-electron chi connectivity index (χ3n) is 3.44. The summed E-state index contributed by atoms with van der Waals surface area (Å²) in [6.45, 7) is 0.871. The third-order valence-corrected chi connectivity index (χ3v) is 5.20. The highest BCUT2D eigenvalue weighted by molar-refractivity contribution is 7.89. The van der Waals surface area contributed by atoms with Crippen molar-refractivity contribution in [3.63, 3.8) is 0 Å². The topological polar surface area (TPSA) is 92.1 Å². The highest BCUT2D eigenvalue weighted by Gasteiger charge is 2.53. The highest BCUT2D eigenvalue weighted by Crippen LogP contribution is 2.44. The van der Waals surface area contributed by atoms with Gasteiger partial charge in [-0.2, -0.15) is 9.40 Å². The van der Waals surface area contributed by atoms with Crippen LogP contribution in [-0.4, -0.2) is 41.5 Å². The van der Waals surface area contributed by atoms with E-state index in [2.05, 4.69) is 10.2 Å². The summed E-state index contributed by atoms with van der Waals surface area (Å²) in [5.74, 6) is 0.517. The van der Waals surface area contributed by atoms with E-state index in [1.54, 1.807) is 0 Å². The SMILES string of the molecule is NC1(C2CC2)CN(S(=O)(=O)c2cn[nH]c2)C1. The zero-order valence-electron chi connectivity index (χ0n) is 8.76. The number of nitrogens with one attached hydrogen (secondary N) is 1. The van der Waals surface area contributed by atoms with Gasteiger partial charge in [-0.05, 0) is 18.8 Å². The van der Waals surface area contributed by atoms with E-state index in [1.165, 1.54) is 16.7 Å². The molecule has 1 aromatic rings. The molecule has 1 saturated heterocycles. The number of hydrogen-bond acceptors (Lipinski definition) is 4. The van der Waals surface area contributed by atoms with E-state index < -0.39 is 10.0 Å². The molecule has 2 heterocycles. The van der Waals surface area contributed by atoms with Crippen LogP contribution >= 0.6 is 0 Å². The largest absolute Gasteiger partial charge is 0.323 e. The van der Waals surface area contributed by atoms with Gasteiger partial charge in [0.2, 0.25) is 10.0 Å². The van der Waals surface area contributed by atoms with Crippen molar-refractivity contribution in [1.82, 2.24) is 14.5 Å². The predicted molar refractivity (Wildman–Crippen MR) is 57.0 cm³/mol. The molecule has 1 aliphatic heterocycles. The van der Waals surface area contributed by atoms with Gasteiger partial charge in [0.25, 0.3) is 0 Å². The Morgan fingerprint density at radius 1 is 1.50 bits per heavy atom. The molecule has 3 N–H and O–H groups in total. The Hall–Kier alpha value is -0.920. The van der Waals surface area contributed by atoms with Crippen LogP contribution in [0.4, 0.5) is 0 Å². The molecule has 1 aliphatic carbocycles. The molecule has 16 heavy (non-hydrogen) atoms. The van der Waals surface area contributed by atoms with Crippen molar-refractivity contribution in [3.05, 3.63) is 12.4 Å². The van der Waals surface area contributed by atoms with Gasteiger partial charge in [0.05, 0.1) is 6.20 Å². The average Bonchev–Trinajstić information content (AvgIpc) is 2.88. The van der Waals surface area contributed by atoms with Crippen molar-refractivity contribution in [2.24, 2.45) is 11.7 Å². The van der Waals surface area contributed by atoms with Gasteiger partial charge < -0.3 is 5.73 Å². The van der Waals surface area contributed by atoms with Crippen molar-refractivity contribution >= 4 is 10.0 Å². The number of hydrogen-bond donors (Lipinski definition) is 2. The molecule has 2 fully saturated rings. The molecule has 88 valence electrons. The number of nitrogens with two attached hydrogens (primary N) is 1. The zero-order chi connectivity index (χ0) is 11.4. The van der Waals surface area contributed by atoms with Crippen LogP contribution in [0, 0.1) is 5.92 Å². The number of aromatic nitrogens is 2. The molecule has 2 aliphatic rings. The van der Waals surface area contributed by atoms with E-state index >= 15 is 0 Å². The lowest BCUT2D eigenvalue weighted by molar-refractivity contribution is 0.135. The second-order valence-corrected chi connectivity index (χ2v) is 6.65. The first kappa shape index (κ1) is 10.2. The van der Waals surface area contributed by atoms with Crippen LogP contribution < -0.4 is 5.73 Å². The summed E-state index contributed by atoms with van der Waals surface area (Å²) in [5, 5.41) is 6.16. The van der Waals surface area contributed by atoms with Crippen LogP contribution in [0.2, 0.25) is 0 Å². The molecule has 6 nitrogen and oxygen atoms in total. The lowest BCUT2D eigenvalue weighted by atomic mass is 9.88. The normalized spacial score (nSPS) is 25.3. The molecule has 1 saturated carbocycles. The monoisotopic (exact) mass is 242 g/mol. The molecule has 0 unspecified atom stereocenters. The fourth-order valence-electron chi connectivity index (χ4n) is 2.23. The van der Waals surface area contributed by atoms with Gasteiger partial charge >= 0.3 is 0 Å². The highest BCUT2D eigenvalue weighted by atomic mass is 32.2. The number of aromatic amines is 1. The van der Waals surface area contributed by atoms with Gasteiger partial charge in [-0.15, -0.1) is 0 Å². The minimum Gasteiger partial charge on any atom is -0.323 e. The molecule has 0 radical (unpaired) electrons. The van der Waals surface area contributed by atoms with Gasteiger partial charge in [0, 0.05) is 24.8 Å². The van der Waals surface area contributed by atoms with Crippen LogP contribution in [0.1, 0.15) is 12.8 Å². The Balaban J connectivity index is 1.77. The second kappa shape index (κ2) is 3.06. The zero-order valence-corrected chi connectivity index (χ0v) is 9.57. The van der Waals surface area contributed by atoms with Gasteiger partial charge in [-0.1, -0.05) is 0 Å². The molecular weight excluding hydrogens is 228 g/mol. The number of sulfonamides is 1. The van der Waals surface area contributed by atoms with Crippen LogP contribution in [0.5, 0.6) is 0 Å². The first-order chi connectivity index (χ1) is 7.52. The molecular formula is C9H14N4O2S. The summed E-state index contributed by atoms with van der Waals surface area (Å²) in [4.78, 5) is 0.213. The molecule has 3 rings (SSSR count). The smallest absolute Gasteiger partial charge is 0.246 e. The van der Waals surface area contributed by atoms with Gasteiger partial charge in [-0.25, -0.2) is 8.42 Å². The minimum absolute atomic E-state index is 0.213. The van der Waals surface area contributed by atoms with E-state index in [9.17, 15) is 8.42 Å². The van der Waals surface area contributed by atoms with Gasteiger partial charge in [0.1, 0.15) is 4.90 Å². The Morgan fingerprint density at radius 3 is 2.69 bits per heavy atom. The summed E-state index contributed by atoms with van der Waals surface area (Å²) < 4.78 is 25.5. The van der Waals surface area contributed by atoms with Crippen LogP contribution in [0.15, 0.2) is 17.3 Å².